The number of nitrogens with one attached hydrogen (secondary N) is 2. The van der Waals surface area contributed by atoms with Gasteiger partial charge in [-0.3, -0.25) is 4.79 Å². The van der Waals surface area contributed by atoms with Gasteiger partial charge in [-0.2, -0.15) is 0 Å². The van der Waals surface area contributed by atoms with E-state index in [1.54, 1.807) is 0 Å². The fourth-order valence-electron chi connectivity index (χ4n) is 2.78. The first-order valence-corrected chi connectivity index (χ1v) is 6.31. The van der Waals surface area contributed by atoms with Crippen molar-refractivity contribution in [3.63, 3.8) is 0 Å². The minimum atomic E-state index is 0.194. The third-order valence-corrected chi connectivity index (χ3v) is 3.80. The lowest BCUT2D eigenvalue weighted by Gasteiger charge is -2.29. The van der Waals surface area contributed by atoms with E-state index in [1.165, 1.54) is 25.7 Å². The van der Waals surface area contributed by atoms with Crippen LogP contribution in [0.4, 0.5) is 0 Å². The lowest BCUT2D eigenvalue weighted by Crippen LogP contribution is -2.48. The van der Waals surface area contributed by atoms with Crippen LogP contribution < -0.4 is 10.6 Å². The average Bonchev–Trinajstić information content (AvgIpc) is 2.71. The largest absolute Gasteiger partial charge is 0.353 e. The minimum absolute atomic E-state index is 0.194. The summed E-state index contributed by atoms with van der Waals surface area (Å²) in [4.78, 5) is 12.0. The molecule has 2 rings (SSSR count). The van der Waals surface area contributed by atoms with Crippen LogP contribution in [0, 0.1) is 5.92 Å². The summed E-state index contributed by atoms with van der Waals surface area (Å²) in [5, 5.41) is 6.58. The lowest BCUT2D eigenvalue weighted by molar-refractivity contribution is -0.127. The van der Waals surface area contributed by atoms with Crippen LogP contribution in [0.3, 0.4) is 0 Å². The zero-order valence-corrected chi connectivity index (χ0v) is 9.59. The van der Waals surface area contributed by atoms with E-state index in [-0.39, 0.29) is 11.8 Å². The quantitative estimate of drug-likeness (QED) is 0.724. The minimum Gasteiger partial charge on any atom is -0.353 e. The maximum absolute atomic E-state index is 12.0. The molecule has 0 unspecified atom stereocenters. The topological polar surface area (TPSA) is 41.1 Å². The fourth-order valence-corrected chi connectivity index (χ4v) is 2.78. The van der Waals surface area contributed by atoms with Gasteiger partial charge in [0.15, 0.2) is 0 Å². The Balaban J connectivity index is 1.83. The Morgan fingerprint density at radius 2 is 1.93 bits per heavy atom. The predicted molar refractivity (Wildman–Crippen MR) is 60.6 cm³/mol. The van der Waals surface area contributed by atoms with E-state index in [0.717, 1.165) is 19.4 Å². The number of amides is 1. The van der Waals surface area contributed by atoms with Gasteiger partial charge < -0.3 is 10.6 Å². The van der Waals surface area contributed by atoms with Gasteiger partial charge in [-0.15, -0.1) is 0 Å². The van der Waals surface area contributed by atoms with E-state index in [4.69, 9.17) is 0 Å². The smallest absolute Gasteiger partial charge is 0.224 e. The van der Waals surface area contributed by atoms with Gasteiger partial charge in [0.2, 0.25) is 5.91 Å². The molecular formula is C12H22N2O. The summed E-state index contributed by atoms with van der Waals surface area (Å²) >= 11 is 0. The highest BCUT2D eigenvalue weighted by Gasteiger charge is 2.29. The summed E-state index contributed by atoms with van der Waals surface area (Å²) in [6.45, 7) is 3.19. The summed E-state index contributed by atoms with van der Waals surface area (Å²) in [5.74, 6) is 0.473. The Labute approximate surface area is 92.0 Å². The van der Waals surface area contributed by atoms with Crippen LogP contribution in [0.5, 0.6) is 0 Å². The standard InChI is InChI=1S/C12H22N2O/c1-9-11(7-4-8-13-9)12(15)14-10-5-2-3-6-10/h9-11,13H,2-8H2,1H3,(H,14,15)/t9-,11-/m1/s1. The molecule has 1 saturated carbocycles. The second kappa shape index (κ2) is 4.97. The van der Waals surface area contributed by atoms with E-state index >= 15 is 0 Å². The molecule has 1 aliphatic heterocycles. The molecule has 0 radical (unpaired) electrons. The number of hydrogen-bond acceptors (Lipinski definition) is 2. The van der Waals surface area contributed by atoms with Crippen molar-refractivity contribution in [2.45, 2.75) is 57.5 Å². The van der Waals surface area contributed by atoms with Crippen LogP contribution in [0.15, 0.2) is 0 Å². The molecule has 0 spiro atoms. The molecule has 1 saturated heterocycles. The molecule has 0 aromatic rings. The molecule has 2 atom stereocenters. The number of rotatable bonds is 2. The van der Waals surface area contributed by atoms with Crippen LogP contribution in [-0.2, 0) is 4.79 Å². The first-order chi connectivity index (χ1) is 7.27. The van der Waals surface area contributed by atoms with Crippen molar-refractivity contribution in [3.8, 4) is 0 Å². The monoisotopic (exact) mass is 210 g/mol. The first kappa shape index (κ1) is 10.9. The molecule has 3 nitrogen and oxygen atoms in total. The molecule has 0 bridgehead atoms. The second-order valence-corrected chi connectivity index (χ2v) is 4.98. The molecule has 2 aliphatic rings. The molecule has 3 heteroatoms. The Hall–Kier alpha value is -0.570. The highest BCUT2D eigenvalue weighted by atomic mass is 16.2. The zero-order chi connectivity index (χ0) is 10.7. The molecule has 0 aromatic heterocycles. The van der Waals surface area contributed by atoms with Gasteiger partial charge in [0.05, 0.1) is 5.92 Å². The normalized spacial score (nSPS) is 32.9. The van der Waals surface area contributed by atoms with E-state index < -0.39 is 0 Å². The molecule has 15 heavy (non-hydrogen) atoms. The Morgan fingerprint density at radius 3 is 2.60 bits per heavy atom. The molecule has 0 aromatic carbocycles. The highest BCUT2D eigenvalue weighted by Crippen LogP contribution is 2.21. The maximum Gasteiger partial charge on any atom is 0.224 e. The predicted octanol–water partition coefficient (Wildman–Crippen LogP) is 1.43. The third-order valence-electron chi connectivity index (χ3n) is 3.80. The van der Waals surface area contributed by atoms with E-state index in [1.807, 2.05) is 0 Å². The molecule has 1 amide bonds. The Bertz CT molecular complexity index is 224. The number of carbonyl (C=O) groups is 1. The number of piperidine rings is 1. The van der Waals surface area contributed by atoms with Crippen LogP contribution in [0.1, 0.15) is 45.4 Å². The van der Waals surface area contributed by atoms with E-state index in [2.05, 4.69) is 17.6 Å². The fraction of sp³-hybridized carbons (Fsp3) is 0.917. The Kier molecular flexibility index (Phi) is 3.62. The van der Waals surface area contributed by atoms with Crippen LogP contribution in [0.2, 0.25) is 0 Å². The lowest BCUT2D eigenvalue weighted by atomic mass is 9.91. The van der Waals surface area contributed by atoms with Gasteiger partial charge in [0, 0.05) is 12.1 Å². The molecule has 2 fully saturated rings. The first-order valence-electron chi connectivity index (χ1n) is 6.31. The summed E-state index contributed by atoms with van der Waals surface area (Å²) < 4.78 is 0. The molecule has 1 aliphatic carbocycles. The summed E-state index contributed by atoms with van der Waals surface area (Å²) in [6, 6.07) is 0.812. The highest BCUT2D eigenvalue weighted by molar-refractivity contribution is 5.79. The van der Waals surface area contributed by atoms with Crippen molar-refractivity contribution < 1.29 is 4.79 Å². The van der Waals surface area contributed by atoms with Crippen molar-refractivity contribution in [2.75, 3.05) is 6.54 Å². The molecule has 2 N–H and O–H groups in total. The van der Waals surface area contributed by atoms with E-state index in [0.29, 0.717) is 12.1 Å². The number of hydrogen-bond donors (Lipinski definition) is 2. The van der Waals surface area contributed by atoms with Crippen LogP contribution in [-0.4, -0.2) is 24.5 Å². The Morgan fingerprint density at radius 1 is 1.20 bits per heavy atom. The molecular weight excluding hydrogens is 188 g/mol. The van der Waals surface area contributed by atoms with Crippen molar-refractivity contribution in [1.82, 2.24) is 10.6 Å². The van der Waals surface area contributed by atoms with Crippen LogP contribution >= 0.6 is 0 Å². The van der Waals surface area contributed by atoms with E-state index in [9.17, 15) is 4.79 Å². The SMILES string of the molecule is C[C@H]1NCCC[C@H]1C(=O)NC1CCCC1. The maximum atomic E-state index is 12.0. The van der Waals surface area contributed by atoms with Gasteiger partial charge in [0.1, 0.15) is 0 Å². The van der Waals surface area contributed by atoms with Gasteiger partial charge >= 0.3 is 0 Å². The van der Waals surface area contributed by atoms with Crippen molar-refractivity contribution in [3.05, 3.63) is 0 Å². The zero-order valence-electron chi connectivity index (χ0n) is 9.59. The van der Waals surface area contributed by atoms with Gasteiger partial charge in [-0.1, -0.05) is 12.8 Å². The molecule has 86 valence electrons. The summed E-state index contributed by atoms with van der Waals surface area (Å²) in [5.41, 5.74) is 0. The summed E-state index contributed by atoms with van der Waals surface area (Å²) in [7, 11) is 0. The third kappa shape index (κ3) is 2.71. The van der Waals surface area contributed by atoms with Crippen molar-refractivity contribution in [1.29, 1.82) is 0 Å². The molecule has 1 heterocycles. The van der Waals surface area contributed by atoms with Crippen LogP contribution in [0.25, 0.3) is 0 Å². The van der Waals surface area contributed by atoms with Gasteiger partial charge in [-0.05, 0) is 39.2 Å². The van der Waals surface area contributed by atoms with Crippen molar-refractivity contribution >= 4 is 5.91 Å². The van der Waals surface area contributed by atoms with Gasteiger partial charge in [0.25, 0.3) is 0 Å². The number of carbonyl (C=O) groups excluding carboxylic acids is 1. The average molecular weight is 210 g/mol. The van der Waals surface area contributed by atoms with Crippen molar-refractivity contribution in [2.24, 2.45) is 5.92 Å². The summed E-state index contributed by atoms with van der Waals surface area (Å²) in [6.07, 6.45) is 7.10. The second-order valence-electron chi connectivity index (χ2n) is 4.98. The van der Waals surface area contributed by atoms with Gasteiger partial charge in [-0.25, -0.2) is 0 Å².